The Balaban J connectivity index is 2.00. The molecule has 0 bridgehead atoms. The standard InChI is InChI=1S/C14H15Cl2FN2O2/c1-8(7-19-4-2-3-13(19)20)18-14(21)9-5-12(17)11(16)6-10(9)15/h5-6,8H,2-4,7H2,1H3,(H,18,21)/t8-/m1/s1. The predicted octanol–water partition coefficient (Wildman–Crippen LogP) is 2.87. The molecule has 1 saturated heterocycles. The van der Waals surface area contributed by atoms with E-state index in [1.807, 2.05) is 0 Å². The van der Waals surface area contributed by atoms with Crippen LogP contribution in [0.2, 0.25) is 10.0 Å². The molecule has 0 radical (unpaired) electrons. The zero-order valence-corrected chi connectivity index (χ0v) is 13.0. The number of likely N-dealkylation sites (tertiary alicyclic amines) is 1. The van der Waals surface area contributed by atoms with E-state index in [1.54, 1.807) is 11.8 Å². The Morgan fingerprint density at radius 2 is 2.14 bits per heavy atom. The minimum atomic E-state index is -0.700. The minimum Gasteiger partial charge on any atom is -0.348 e. The molecule has 1 aliphatic rings. The Morgan fingerprint density at radius 1 is 1.43 bits per heavy atom. The molecule has 1 N–H and O–H groups in total. The highest BCUT2D eigenvalue weighted by Gasteiger charge is 2.23. The van der Waals surface area contributed by atoms with E-state index in [4.69, 9.17) is 23.2 Å². The van der Waals surface area contributed by atoms with Crippen molar-refractivity contribution in [3.8, 4) is 0 Å². The van der Waals surface area contributed by atoms with Crippen molar-refractivity contribution in [2.45, 2.75) is 25.8 Å². The fourth-order valence-corrected chi connectivity index (χ4v) is 2.74. The predicted molar refractivity (Wildman–Crippen MR) is 79.2 cm³/mol. The normalized spacial score (nSPS) is 16.2. The first kappa shape index (κ1) is 16.0. The van der Waals surface area contributed by atoms with Gasteiger partial charge in [0.2, 0.25) is 5.91 Å². The van der Waals surface area contributed by atoms with Crippen LogP contribution >= 0.6 is 23.2 Å². The monoisotopic (exact) mass is 332 g/mol. The Labute approximate surface area is 132 Å². The van der Waals surface area contributed by atoms with Crippen LogP contribution in [0.15, 0.2) is 12.1 Å². The summed E-state index contributed by atoms with van der Waals surface area (Å²) in [6.45, 7) is 2.91. The first-order valence-corrected chi connectivity index (χ1v) is 7.37. The summed E-state index contributed by atoms with van der Waals surface area (Å²) >= 11 is 11.5. The quantitative estimate of drug-likeness (QED) is 0.862. The maximum Gasteiger partial charge on any atom is 0.253 e. The highest BCUT2D eigenvalue weighted by atomic mass is 35.5. The van der Waals surface area contributed by atoms with Crippen LogP contribution in [0.1, 0.15) is 30.1 Å². The van der Waals surface area contributed by atoms with Gasteiger partial charge in [0, 0.05) is 25.6 Å². The van der Waals surface area contributed by atoms with E-state index in [0.717, 1.165) is 12.5 Å². The summed E-state index contributed by atoms with van der Waals surface area (Å²) < 4.78 is 13.4. The van der Waals surface area contributed by atoms with E-state index in [-0.39, 0.29) is 27.6 Å². The first-order chi connectivity index (χ1) is 9.88. The third kappa shape index (κ3) is 3.86. The summed E-state index contributed by atoms with van der Waals surface area (Å²) in [6, 6.07) is 1.95. The fourth-order valence-electron chi connectivity index (χ4n) is 2.27. The summed E-state index contributed by atoms with van der Waals surface area (Å²) in [6.07, 6.45) is 1.39. The molecule has 0 aliphatic carbocycles. The molecular formula is C14H15Cl2FN2O2. The minimum absolute atomic E-state index is 0.0261. The summed E-state index contributed by atoms with van der Waals surface area (Å²) in [5, 5.41) is 2.66. The highest BCUT2D eigenvalue weighted by Crippen LogP contribution is 2.24. The van der Waals surface area contributed by atoms with E-state index in [0.29, 0.717) is 19.5 Å². The lowest BCUT2D eigenvalue weighted by atomic mass is 10.2. The molecule has 4 nitrogen and oxygen atoms in total. The molecule has 21 heavy (non-hydrogen) atoms. The van der Waals surface area contributed by atoms with Crippen molar-refractivity contribution in [2.24, 2.45) is 0 Å². The number of amides is 2. The van der Waals surface area contributed by atoms with Crippen LogP contribution in [-0.4, -0.2) is 35.8 Å². The number of nitrogens with one attached hydrogen (secondary N) is 1. The zero-order valence-electron chi connectivity index (χ0n) is 11.5. The Kier molecular flexibility index (Phi) is 5.06. The molecule has 1 aliphatic heterocycles. The van der Waals surface area contributed by atoms with Crippen LogP contribution in [0.5, 0.6) is 0 Å². The Bertz CT molecular complexity index is 580. The number of rotatable bonds is 4. The summed E-state index contributed by atoms with van der Waals surface area (Å²) in [5.41, 5.74) is 0.0261. The van der Waals surface area contributed by atoms with Crippen LogP contribution in [0.3, 0.4) is 0 Å². The summed E-state index contributed by atoms with van der Waals surface area (Å²) in [7, 11) is 0. The molecule has 114 valence electrons. The average Bonchev–Trinajstić information content (AvgIpc) is 2.79. The van der Waals surface area contributed by atoms with Gasteiger partial charge in [-0.1, -0.05) is 23.2 Å². The second-order valence-corrected chi connectivity index (χ2v) is 5.88. The van der Waals surface area contributed by atoms with Crippen LogP contribution in [0, 0.1) is 5.82 Å². The van der Waals surface area contributed by atoms with Gasteiger partial charge in [-0.25, -0.2) is 4.39 Å². The van der Waals surface area contributed by atoms with Gasteiger partial charge in [-0.05, 0) is 25.5 Å². The molecule has 2 rings (SSSR count). The first-order valence-electron chi connectivity index (χ1n) is 6.61. The zero-order chi connectivity index (χ0) is 15.6. The second kappa shape index (κ2) is 6.62. The van der Waals surface area contributed by atoms with Crippen molar-refractivity contribution in [2.75, 3.05) is 13.1 Å². The van der Waals surface area contributed by atoms with Crippen molar-refractivity contribution in [1.82, 2.24) is 10.2 Å². The molecular weight excluding hydrogens is 318 g/mol. The van der Waals surface area contributed by atoms with Gasteiger partial charge in [0.05, 0.1) is 15.6 Å². The Hall–Kier alpha value is -1.33. The lowest BCUT2D eigenvalue weighted by Crippen LogP contribution is -2.42. The van der Waals surface area contributed by atoms with E-state index in [1.165, 1.54) is 6.07 Å². The van der Waals surface area contributed by atoms with Crippen molar-refractivity contribution < 1.29 is 14.0 Å². The molecule has 1 aromatic carbocycles. The van der Waals surface area contributed by atoms with Crippen molar-refractivity contribution >= 4 is 35.0 Å². The van der Waals surface area contributed by atoms with Gasteiger partial charge < -0.3 is 10.2 Å². The number of nitrogens with zero attached hydrogens (tertiary/aromatic N) is 1. The molecule has 1 fully saturated rings. The molecule has 2 amide bonds. The van der Waals surface area contributed by atoms with Crippen LogP contribution < -0.4 is 5.32 Å². The SMILES string of the molecule is C[C@H](CN1CCCC1=O)NC(=O)c1cc(F)c(Cl)cc1Cl. The molecule has 1 heterocycles. The van der Waals surface area contributed by atoms with Crippen molar-refractivity contribution in [3.05, 3.63) is 33.6 Å². The lowest BCUT2D eigenvalue weighted by Gasteiger charge is -2.21. The third-order valence-electron chi connectivity index (χ3n) is 3.30. The van der Waals surface area contributed by atoms with E-state index >= 15 is 0 Å². The largest absolute Gasteiger partial charge is 0.348 e. The topological polar surface area (TPSA) is 49.4 Å². The van der Waals surface area contributed by atoms with Gasteiger partial charge in [0.15, 0.2) is 0 Å². The van der Waals surface area contributed by atoms with E-state index in [9.17, 15) is 14.0 Å². The molecule has 0 aromatic heterocycles. The number of halogens is 3. The van der Waals surface area contributed by atoms with Gasteiger partial charge in [-0.3, -0.25) is 9.59 Å². The van der Waals surface area contributed by atoms with Crippen molar-refractivity contribution in [1.29, 1.82) is 0 Å². The Morgan fingerprint density at radius 3 is 2.76 bits per heavy atom. The molecule has 7 heteroatoms. The third-order valence-corrected chi connectivity index (χ3v) is 3.90. The number of carbonyl (C=O) groups is 2. The average molecular weight is 333 g/mol. The molecule has 1 atom stereocenters. The molecule has 0 spiro atoms. The van der Waals surface area contributed by atoms with E-state index in [2.05, 4.69) is 5.32 Å². The highest BCUT2D eigenvalue weighted by molar-refractivity contribution is 6.36. The smallest absolute Gasteiger partial charge is 0.253 e. The second-order valence-electron chi connectivity index (χ2n) is 5.06. The number of benzene rings is 1. The van der Waals surface area contributed by atoms with Gasteiger partial charge in [-0.15, -0.1) is 0 Å². The maximum absolute atomic E-state index is 13.4. The fraction of sp³-hybridized carbons (Fsp3) is 0.429. The summed E-state index contributed by atoms with van der Waals surface area (Å²) in [4.78, 5) is 25.3. The van der Waals surface area contributed by atoms with Crippen LogP contribution in [0.4, 0.5) is 4.39 Å². The van der Waals surface area contributed by atoms with E-state index < -0.39 is 11.7 Å². The summed E-state index contributed by atoms with van der Waals surface area (Å²) in [5.74, 6) is -1.10. The lowest BCUT2D eigenvalue weighted by molar-refractivity contribution is -0.127. The van der Waals surface area contributed by atoms with Gasteiger partial charge >= 0.3 is 0 Å². The van der Waals surface area contributed by atoms with Crippen molar-refractivity contribution in [3.63, 3.8) is 0 Å². The van der Waals surface area contributed by atoms with Gasteiger partial charge in [-0.2, -0.15) is 0 Å². The number of carbonyl (C=O) groups excluding carboxylic acids is 2. The van der Waals surface area contributed by atoms with Gasteiger partial charge in [0.25, 0.3) is 5.91 Å². The number of hydrogen-bond acceptors (Lipinski definition) is 2. The van der Waals surface area contributed by atoms with Crippen LogP contribution in [0.25, 0.3) is 0 Å². The molecule has 1 aromatic rings. The maximum atomic E-state index is 13.4. The molecule has 0 unspecified atom stereocenters. The van der Waals surface area contributed by atoms with Crippen LogP contribution in [-0.2, 0) is 4.79 Å². The van der Waals surface area contributed by atoms with Gasteiger partial charge in [0.1, 0.15) is 5.82 Å². The number of hydrogen-bond donors (Lipinski definition) is 1. The molecule has 0 saturated carbocycles.